The second-order valence-corrected chi connectivity index (χ2v) is 20.1. The number of rotatable bonds is 4. The SMILES string of the molecule is CC1CC2C(=O)C(=Nc3ccc(-c4cc5c(s4)-c4sc(-c6ccc(N=C7C(=O)C8CC(F)C(F)CC8C7=O)s6)cc4C54CCCCC4)s3)C(=O)C2CC1F. The van der Waals surface area contributed by atoms with Crippen LogP contribution < -0.4 is 0 Å². The van der Waals surface area contributed by atoms with Gasteiger partial charge in [0.1, 0.15) is 28.5 Å². The molecule has 5 saturated carbocycles. The third kappa shape index (κ3) is 5.27. The summed E-state index contributed by atoms with van der Waals surface area (Å²) in [5.74, 6) is -4.48. The Morgan fingerprint density at radius 2 is 0.981 bits per heavy atom. The van der Waals surface area contributed by atoms with Gasteiger partial charge in [-0.25, -0.2) is 23.2 Å². The Morgan fingerprint density at radius 3 is 1.44 bits per heavy atom. The average molecular weight is 805 g/mol. The van der Waals surface area contributed by atoms with E-state index in [0.717, 1.165) is 45.2 Å². The lowest BCUT2D eigenvalue weighted by molar-refractivity contribution is -0.123. The van der Waals surface area contributed by atoms with Gasteiger partial charge in [-0.2, -0.15) is 0 Å². The maximum Gasteiger partial charge on any atom is 0.188 e. The zero-order valence-corrected chi connectivity index (χ0v) is 32.5. The van der Waals surface area contributed by atoms with Crippen LogP contribution in [0.2, 0.25) is 0 Å². The molecule has 0 aliphatic heterocycles. The Labute approximate surface area is 325 Å². The minimum Gasteiger partial charge on any atom is -0.292 e. The number of nitrogens with zero attached hydrogens (tertiary/aromatic N) is 2. The van der Waals surface area contributed by atoms with E-state index in [1.54, 1.807) is 35.7 Å². The quantitative estimate of drug-likeness (QED) is 0.205. The number of aliphatic imine (C=N–C) groups is 2. The molecule has 8 unspecified atom stereocenters. The number of Topliss-reactive ketones (excluding diaryl/α,β-unsaturated/α-hetero) is 4. The molecule has 8 atom stereocenters. The first-order valence-electron chi connectivity index (χ1n) is 18.8. The molecule has 4 aromatic rings. The van der Waals surface area contributed by atoms with E-state index in [1.165, 1.54) is 50.0 Å². The van der Waals surface area contributed by atoms with E-state index in [1.807, 2.05) is 18.2 Å². The second-order valence-electron chi connectivity index (χ2n) is 15.9. The van der Waals surface area contributed by atoms with E-state index >= 15 is 0 Å². The second kappa shape index (κ2) is 12.8. The monoisotopic (exact) mass is 804 g/mol. The van der Waals surface area contributed by atoms with Gasteiger partial charge in [0.2, 0.25) is 0 Å². The molecule has 4 aromatic heterocycles. The molecule has 0 radical (unpaired) electrons. The highest BCUT2D eigenvalue weighted by molar-refractivity contribution is 7.29. The summed E-state index contributed by atoms with van der Waals surface area (Å²) in [6.45, 7) is 1.80. The van der Waals surface area contributed by atoms with Crippen molar-refractivity contribution in [1.82, 2.24) is 0 Å². The van der Waals surface area contributed by atoms with Crippen molar-refractivity contribution in [2.75, 3.05) is 0 Å². The van der Waals surface area contributed by atoms with Crippen LogP contribution in [0.25, 0.3) is 29.3 Å². The van der Waals surface area contributed by atoms with Crippen LogP contribution in [0.3, 0.4) is 0 Å². The van der Waals surface area contributed by atoms with Gasteiger partial charge in [0.25, 0.3) is 0 Å². The van der Waals surface area contributed by atoms with Crippen molar-refractivity contribution in [3.63, 3.8) is 0 Å². The van der Waals surface area contributed by atoms with Crippen LogP contribution >= 0.6 is 45.3 Å². The van der Waals surface area contributed by atoms with E-state index in [9.17, 15) is 32.3 Å². The largest absolute Gasteiger partial charge is 0.292 e. The number of alkyl halides is 3. The summed E-state index contributed by atoms with van der Waals surface area (Å²) in [4.78, 5) is 68.3. The minimum absolute atomic E-state index is 0.0299. The number of carbonyl (C=O) groups excluding carboxylic acids is 4. The molecule has 54 heavy (non-hydrogen) atoms. The molecular formula is C41H35F3N2O4S4. The lowest BCUT2D eigenvalue weighted by atomic mass is 9.68. The maximum atomic E-state index is 14.5. The van der Waals surface area contributed by atoms with Crippen LogP contribution in [0.5, 0.6) is 0 Å². The molecule has 0 amide bonds. The molecule has 6 aliphatic carbocycles. The number of fused-ring (bicyclic) bond motifs is 7. The Bertz CT molecular complexity index is 2130. The highest BCUT2D eigenvalue weighted by Crippen LogP contribution is 2.63. The first-order chi connectivity index (χ1) is 26.0. The topological polar surface area (TPSA) is 93.0 Å². The van der Waals surface area contributed by atoms with Gasteiger partial charge in [0, 0.05) is 58.3 Å². The van der Waals surface area contributed by atoms with Crippen LogP contribution in [0.4, 0.5) is 23.2 Å². The van der Waals surface area contributed by atoms with Crippen molar-refractivity contribution in [3.8, 4) is 29.3 Å². The molecule has 0 bridgehead atoms. The van der Waals surface area contributed by atoms with Gasteiger partial charge in [-0.3, -0.25) is 19.2 Å². The van der Waals surface area contributed by atoms with Crippen molar-refractivity contribution in [2.24, 2.45) is 39.6 Å². The van der Waals surface area contributed by atoms with Crippen molar-refractivity contribution in [1.29, 1.82) is 0 Å². The fourth-order valence-electron chi connectivity index (χ4n) is 9.96. The van der Waals surface area contributed by atoms with Gasteiger partial charge in [-0.05, 0) is 92.0 Å². The van der Waals surface area contributed by atoms with Crippen molar-refractivity contribution >= 4 is 89.9 Å². The number of ketones is 4. The predicted octanol–water partition coefficient (Wildman–Crippen LogP) is 10.6. The molecule has 0 N–H and O–H groups in total. The van der Waals surface area contributed by atoms with Gasteiger partial charge in [0.15, 0.2) is 34.6 Å². The third-order valence-electron chi connectivity index (χ3n) is 12.8. The zero-order chi connectivity index (χ0) is 37.2. The van der Waals surface area contributed by atoms with Gasteiger partial charge in [0.05, 0.1) is 0 Å². The standard InChI is InChI=1S/C41H35F3N2O4S4/c1-17-11-18-19(12-24(17)42)36(48)33(35(18)47)45-31-7-5-27(51-31)29-15-22-39(53-29)40-23(41(22)9-3-2-4-10-41)16-30(54-40)28-6-8-32(52-28)46-34-37(49)20-13-25(43)26(44)14-21(20)38(34)50/h5-8,15-21,24-26H,2-4,9-14H2,1H3. The summed E-state index contributed by atoms with van der Waals surface area (Å²) in [6.07, 6.45) is 0.992. The van der Waals surface area contributed by atoms with Gasteiger partial charge in [-0.15, -0.1) is 45.3 Å². The van der Waals surface area contributed by atoms with E-state index < -0.39 is 53.8 Å². The predicted molar refractivity (Wildman–Crippen MR) is 209 cm³/mol. The smallest absolute Gasteiger partial charge is 0.188 e. The molecule has 1 spiro atoms. The lowest BCUT2D eigenvalue weighted by Crippen LogP contribution is -2.35. The average Bonchev–Trinajstić information content (AvgIpc) is 4.03. The summed E-state index contributed by atoms with van der Waals surface area (Å²) in [5, 5.41) is 1.12. The summed E-state index contributed by atoms with van der Waals surface area (Å²) in [5.41, 5.74) is 2.42. The van der Waals surface area contributed by atoms with Crippen molar-refractivity contribution in [3.05, 3.63) is 47.5 Å². The maximum absolute atomic E-state index is 14.5. The van der Waals surface area contributed by atoms with Gasteiger partial charge >= 0.3 is 0 Å². The van der Waals surface area contributed by atoms with Crippen LogP contribution in [0, 0.1) is 29.6 Å². The van der Waals surface area contributed by atoms with Crippen LogP contribution in [0.15, 0.2) is 46.4 Å². The lowest BCUT2D eigenvalue weighted by Gasteiger charge is -2.34. The number of thiophene rings is 4. The van der Waals surface area contributed by atoms with Crippen molar-refractivity contribution < 1.29 is 32.3 Å². The van der Waals surface area contributed by atoms with Crippen molar-refractivity contribution in [2.45, 2.75) is 88.6 Å². The Balaban J connectivity index is 0.945. The number of halogens is 3. The highest BCUT2D eigenvalue weighted by Gasteiger charge is 2.54. The molecule has 0 saturated heterocycles. The summed E-state index contributed by atoms with van der Waals surface area (Å²) >= 11 is 6.36. The van der Waals surface area contributed by atoms with Crippen LogP contribution in [0.1, 0.15) is 75.8 Å². The Kier molecular flexibility index (Phi) is 8.32. The first kappa shape index (κ1) is 35.1. The summed E-state index contributed by atoms with van der Waals surface area (Å²) in [7, 11) is 0. The minimum atomic E-state index is -1.73. The Hall–Kier alpha value is -3.39. The molecule has 278 valence electrons. The first-order valence-corrected chi connectivity index (χ1v) is 22.0. The zero-order valence-electron chi connectivity index (χ0n) is 29.2. The number of hydrogen-bond acceptors (Lipinski definition) is 10. The fourth-order valence-corrected chi connectivity index (χ4v) is 14.6. The molecule has 5 fully saturated rings. The highest BCUT2D eigenvalue weighted by atomic mass is 32.1. The normalized spacial score (nSPS) is 32.1. The molecule has 6 nitrogen and oxygen atoms in total. The van der Waals surface area contributed by atoms with E-state index in [2.05, 4.69) is 22.1 Å². The van der Waals surface area contributed by atoms with E-state index in [4.69, 9.17) is 0 Å². The third-order valence-corrected chi connectivity index (χ3v) is 17.6. The summed E-state index contributed by atoms with van der Waals surface area (Å²) in [6, 6.07) is 12.3. The van der Waals surface area contributed by atoms with E-state index in [0.29, 0.717) is 16.4 Å². The van der Waals surface area contributed by atoms with Crippen LogP contribution in [-0.4, -0.2) is 53.1 Å². The van der Waals surface area contributed by atoms with Crippen LogP contribution in [-0.2, 0) is 24.6 Å². The number of carbonyl (C=O) groups is 4. The molecule has 13 heteroatoms. The molecule has 10 rings (SSSR count). The Morgan fingerprint density at radius 1 is 0.556 bits per heavy atom. The van der Waals surface area contributed by atoms with Gasteiger partial charge < -0.3 is 0 Å². The summed E-state index contributed by atoms with van der Waals surface area (Å²) < 4.78 is 42.6. The molecule has 4 heterocycles. The molecular weight excluding hydrogens is 770 g/mol. The fraction of sp³-hybridized carbons (Fsp3) is 0.463. The number of hydrogen-bond donors (Lipinski definition) is 0. The molecule has 0 aromatic carbocycles. The molecule has 6 aliphatic rings. The van der Waals surface area contributed by atoms with E-state index in [-0.39, 0.29) is 53.6 Å². The van der Waals surface area contributed by atoms with Gasteiger partial charge in [-0.1, -0.05) is 26.2 Å².